The van der Waals surface area contributed by atoms with Crippen LogP contribution in [0.25, 0.3) is 0 Å². The Kier molecular flexibility index (Phi) is 3.56. The van der Waals surface area contributed by atoms with Gasteiger partial charge in [-0.3, -0.25) is 14.3 Å². The minimum atomic E-state index is -1.67. The van der Waals surface area contributed by atoms with Gasteiger partial charge in [-0.05, 0) is 6.42 Å². The molecule has 0 bridgehead atoms. The second-order valence-corrected chi connectivity index (χ2v) is 6.91. The van der Waals surface area contributed by atoms with Gasteiger partial charge in [0.2, 0.25) is 17.2 Å². The van der Waals surface area contributed by atoms with Crippen molar-refractivity contribution in [1.82, 2.24) is 9.78 Å². The molecule has 2 heterocycles. The molecule has 2 atom stereocenters. The van der Waals surface area contributed by atoms with Crippen molar-refractivity contribution < 1.29 is 23.8 Å². The predicted octanol–water partition coefficient (Wildman–Crippen LogP) is 2.48. The summed E-state index contributed by atoms with van der Waals surface area (Å²) in [6.45, 7) is 1.81. The van der Waals surface area contributed by atoms with Gasteiger partial charge >= 0.3 is 0 Å². The highest BCUT2D eigenvalue weighted by atomic mass is 35.5. The average Bonchev–Trinajstić information content (AvgIpc) is 3.14. The van der Waals surface area contributed by atoms with Crippen LogP contribution in [0.1, 0.15) is 33.3 Å². The normalized spacial score (nSPS) is 23.7. The van der Waals surface area contributed by atoms with Crippen LogP contribution in [-0.4, -0.2) is 41.2 Å². The second-order valence-electron chi connectivity index (χ2n) is 6.53. The molecule has 2 aromatic rings. The lowest BCUT2D eigenvalue weighted by molar-refractivity contribution is 0.0256. The SMILES string of the molecule is COc1cc(OC)c2c(c1Cl)O[C@@]1(C(=O)c3cnn(C)c3C[C@H]1C)C2=O. The standard InChI is InChI=1S/C18H17ClN2O5/c1-8-5-10-9(7-20-21(10)2)16(22)18(8)17(23)13-11(24-3)6-12(25-4)14(19)15(13)26-18/h6-8H,5H2,1-4H3/t8-,18+/m1/s1. The summed E-state index contributed by atoms with van der Waals surface area (Å²) >= 11 is 6.37. The first-order valence-corrected chi connectivity index (χ1v) is 8.48. The molecule has 0 fully saturated rings. The van der Waals surface area contributed by atoms with Crippen molar-refractivity contribution in [3.8, 4) is 17.2 Å². The largest absolute Gasteiger partial charge is 0.496 e. The van der Waals surface area contributed by atoms with Crippen molar-refractivity contribution in [2.75, 3.05) is 14.2 Å². The Bertz CT molecular complexity index is 967. The number of Topliss-reactive ketones (excluding diaryl/α,β-unsaturated/α-hetero) is 2. The smallest absolute Gasteiger partial charge is 0.237 e. The first-order chi connectivity index (χ1) is 12.4. The summed E-state index contributed by atoms with van der Waals surface area (Å²) in [5.41, 5.74) is -0.308. The highest BCUT2D eigenvalue weighted by Gasteiger charge is 2.62. The minimum absolute atomic E-state index is 0.125. The van der Waals surface area contributed by atoms with Gasteiger partial charge in [0.15, 0.2) is 5.75 Å². The number of methoxy groups -OCH3 is 2. The molecule has 26 heavy (non-hydrogen) atoms. The zero-order valence-electron chi connectivity index (χ0n) is 14.8. The molecule has 1 aliphatic carbocycles. The highest BCUT2D eigenvalue weighted by Crippen LogP contribution is 2.53. The van der Waals surface area contributed by atoms with Crippen molar-refractivity contribution in [3.63, 3.8) is 0 Å². The van der Waals surface area contributed by atoms with Crippen LogP contribution in [0.5, 0.6) is 17.2 Å². The second kappa shape index (κ2) is 5.48. The number of halogens is 1. The van der Waals surface area contributed by atoms with Gasteiger partial charge in [0, 0.05) is 24.7 Å². The van der Waals surface area contributed by atoms with Gasteiger partial charge in [-0.15, -0.1) is 0 Å². The molecule has 8 heteroatoms. The van der Waals surface area contributed by atoms with Gasteiger partial charge in [0.25, 0.3) is 0 Å². The summed E-state index contributed by atoms with van der Waals surface area (Å²) in [4.78, 5) is 26.7. The topological polar surface area (TPSA) is 79.7 Å². The van der Waals surface area contributed by atoms with Crippen molar-refractivity contribution in [1.29, 1.82) is 0 Å². The molecular formula is C18H17ClN2O5. The molecule has 1 aliphatic heterocycles. The zero-order chi connectivity index (χ0) is 18.8. The number of ether oxygens (including phenoxy) is 3. The van der Waals surface area contributed by atoms with E-state index in [1.54, 1.807) is 11.7 Å². The van der Waals surface area contributed by atoms with Crippen LogP contribution in [0, 0.1) is 5.92 Å². The third-order valence-electron chi connectivity index (χ3n) is 5.26. The maximum atomic E-state index is 13.4. The fourth-order valence-corrected chi connectivity index (χ4v) is 4.09. The number of rotatable bonds is 2. The van der Waals surface area contributed by atoms with Crippen LogP contribution in [-0.2, 0) is 13.5 Å². The van der Waals surface area contributed by atoms with Crippen LogP contribution in [0.15, 0.2) is 12.3 Å². The third kappa shape index (κ3) is 1.86. The van der Waals surface area contributed by atoms with E-state index in [1.165, 1.54) is 26.5 Å². The molecule has 0 unspecified atom stereocenters. The molecule has 1 spiro atoms. The molecule has 4 rings (SSSR count). The molecule has 7 nitrogen and oxygen atoms in total. The number of hydrogen-bond donors (Lipinski definition) is 0. The maximum Gasteiger partial charge on any atom is 0.237 e. The van der Waals surface area contributed by atoms with Gasteiger partial charge in [0.1, 0.15) is 22.1 Å². The fourth-order valence-electron chi connectivity index (χ4n) is 3.83. The van der Waals surface area contributed by atoms with Crippen molar-refractivity contribution in [3.05, 3.63) is 34.1 Å². The first-order valence-electron chi connectivity index (χ1n) is 8.10. The number of hydrogen-bond acceptors (Lipinski definition) is 6. The van der Waals surface area contributed by atoms with Crippen LogP contribution < -0.4 is 14.2 Å². The summed E-state index contributed by atoms with van der Waals surface area (Å²) in [5, 5.41) is 4.29. The van der Waals surface area contributed by atoms with E-state index in [1.807, 2.05) is 6.92 Å². The molecule has 0 amide bonds. The van der Waals surface area contributed by atoms with E-state index < -0.39 is 23.1 Å². The molecule has 0 N–H and O–H groups in total. The van der Waals surface area contributed by atoms with Crippen LogP contribution in [0.3, 0.4) is 0 Å². The minimum Gasteiger partial charge on any atom is -0.496 e. The molecule has 1 aromatic heterocycles. The molecule has 136 valence electrons. The Morgan fingerprint density at radius 3 is 2.62 bits per heavy atom. The van der Waals surface area contributed by atoms with Gasteiger partial charge in [0.05, 0.1) is 26.0 Å². The summed E-state index contributed by atoms with van der Waals surface area (Å²) < 4.78 is 18.2. The lowest BCUT2D eigenvalue weighted by Crippen LogP contribution is -2.56. The molecule has 2 aliphatic rings. The molecule has 0 saturated heterocycles. The van der Waals surface area contributed by atoms with E-state index in [-0.39, 0.29) is 22.1 Å². The highest BCUT2D eigenvalue weighted by molar-refractivity contribution is 6.36. The maximum absolute atomic E-state index is 13.4. The van der Waals surface area contributed by atoms with Crippen molar-refractivity contribution >= 4 is 23.2 Å². The van der Waals surface area contributed by atoms with E-state index in [0.29, 0.717) is 17.7 Å². The van der Waals surface area contributed by atoms with Gasteiger partial charge < -0.3 is 14.2 Å². The van der Waals surface area contributed by atoms with Crippen LogP contribution in [0.2, 0.25) is 5.02 Å². The molecular weight excluding hydrogens is 360 g/mol. The Hall–Kier alpha value is -2.54. The fraction of sp³-hybridized carbons (Fsp3) is 0.389. The summed E-state index contributed by atoms with van der Waals surface area (Å²) in [5.74, 6) is -0.547. The summed E-state index contributed by atoms with van der Waals surface area (Å²) in [7, 11) is 4.66. The van der Waals surface area contributed by atoms with E-state index in [4.69, 9.17) is 25.8 Å². The van der Waals surface area contributed by atoms with Crippen molar-refractivity contribution in [2.45, 2.75) is 18.9 Å². The quantitative estimate of drug-likeness (QED) is 0.749. The predicted molar refractivity (Wildman–Crippen MR) is 92.7 cm³/mol. The molecule has 0 radical (unpaired) electrons. The number of fused-ring (bicyclic) bond motifs is 2. The average molecular weight is 377 g/mol. The van der Waals surface area contributed by atoms with E-state index >= 15 is 0 Å². The Morgan fingerprint density at radius 2 is 1.96 bits per heavy atom. The lowest BCUT2D eigenvalue weighted by atomic mass is 9.71. The number of aryl methyl sites for hydroxylation is 1. The summed E-state index contributed by atoms with van der Waals surface area (Å²) in [6.07, 6.45) is 1.96. The van der Waals surface area contributed by atoms with Gasteiger partial charge in [-0.25, -0.2) is 0 Å². The Morgan fingerprint density at radius 1 is 1.27 bits per heavy atom. The lowest BCUT2D eigenvalue weighted by Gasteiger charge is -2.35. The van der Waals surface area contributed by atoms with Gasteiger partial charge in [-0.2, -0.15) is 5.10 Å². The number of carbonyl (C=O) groups excluding carboxylic acids is 2. The monoisotopic (exact) mass is 376 g/mol. The number of benzene rings is 1. The summed E-state index contributed by atoms with van der Waals surface area (Å²) in [6, 6.07) is 1.52. The number of carbonyl (C=O) groups is 2. The third-order valence-corrected chi connectivity index (χ3v) is 5.61. The van der Waals surface area contributed by atoms with Crippen LogP contribution in [0.4, 0.5) is 0 Å². The molecule has 0 saturated carbocycles. The van der Waals surface area contributed by atoms with E-state index in [9.17, 15) is 9.59 Å². The van der Waals surface area contributed by atoms with Gasteiger partial charge in [-0.1, -0.05) is 18.5 Å². The molecule has 1 aromatic carbocycles. The van der Waals surface area contributed by atoms with Crippen LogP contribution >= 0.6 is 11.6 Å². The van der Waals surface area contributed by atoms with Crippen molar-refractivity contribution in [2.24, 2.45) is 13.0 Å². The van der Waals surface area contributed by atoms with E-state index in [0.717, 1.165) is 5.69 Å². The Labute approximate surface area is 154 Å². The zero-order valence-corrected chi connectivity index (χ0v) is 15.5. The first kappa shape index (κ1) is 16.9. The number of aromatic nitrogens is 2. The number of nitrogens with zero attached hydrogens (tertiary/aromatic N) is 2. The Balaban J connectivity index is 1.94. The number of ketones is 2. The van der Waals surface area contributed by atoms with E-state index in [2.05, 4.69) is 5.10 Å².